The third-order valence-electron chi connectivity index (χ3n) is 5.52. The van der Waals surface area contributed by atoms with Gasteiger partial charge in [0.1, 0.15) is 11.4 Å². The highest BCUT2D eigenvalue weighted by Crippen LogP contribution is 2.40. The molecule has 0 saturated carbocycles. The molecule has 0 N–H and O–H groups in total. The predicted octanol–water partition coefficient (Wildman–Crippen LogP) is 5.03. The highest BCUT2D eigenvalue weighted by Gasteiger charge is 2.43. The molecule has 154 valence electrons. The molecular formula is C24H16ClFN2O3. The molecule has 1 amide bonds. The van der Waals surface area contributed by atoms with Gasteiger partial charge in [0.2, 0.25) is 5.76 Å². The molecule has 0 unspecified atom stereocenters. The van der Waals surface area contributed by atoms with Crippen molar-refractivity contribution in [3.63, 3.8) is 0 Å². The maximum absolute atomic E-state index is 14.8. The molecule has 0 radical (unpaired) electrons. The molecule has 5 rings (SSSR count). The van der Waals surface area contributed by atoms with Gasteiger partial charge in [-0.2, -0.15) is 0 Å². The summed E-state index contributed by atoms with van der Waals surface area (Å²) in [4.78, 5) is 32.4. The molecular weight excluding hydrogens is 419 g/mol. The van der Waals surface area contributed by atoms with Crippen molar-refractivity contribution in [1.29, 1.82) is 0 Å². The lowest BCUT2D eigenvalue weighted by atomic mass is 9.97. The predicted molar refractivity (Wildman–Crippen MR) is 115 cm³/mol. The number of hydrogen-bond donors (Lipinski definition) is 0. The summed E-state index contributed by atoms with van der Waals surface area (Å²) in [6.07, 6.45) is 3.26. The van der Waals surface area contributed by atoms with Crippen LogP contribution in [0.5, 0.6) is 0 Å². The van der Waals surface area contributed by atoms with E-state index < -0.39 is 23.2 Å². The maximum Gasteiger partial charge on any atom is 0.291 e. The number of carbonyl (C=O) groups is 1. The smallest absolute Gasteiger partial charge is 0.291 e. The number of hydrogen-bond acceptors (Lipinski definition) is 4. The van der Waals surface area contributed by atoms with Gasteiger partial charge >= 0.3 is 0 Å². The minimum Gasteiger partial charge on any atom is -0.450 e. The van der Waals surface area contributed by atoms with Gasteiger partial charge in [-0.05, 0) is 42.3 Å². The fourth-order valence-electron chi connectivity index (χ4n) is 4.01. The summed E-state index contributed by atoms with van der Waals surface area (Å²) in [5.74, 6) is -1.05. The average Bonchev–Trinajstić information content (AvgIpc) is 3.03. The monoisotopic (exact) mass is 434 g/mol. The number of carbonyl (C=O) groups excluding carboxylic acids is 1. The van der Waals surface area contributed by atoms with E-state index in [1.54, 1.807) is 49.6 Å². The fraction of sp³-hybridized carbons (Fsp3) is 0.125. The molecule has 1 atom stereocenters. The molecule has 0 aliphatic carbocycles. The first-order valence-electron chi connectivity index (χ1n) is 9.67. The van der Waals surface area contributed by atoms with Gasteiger partial charge in [0.25, 0.3) is 5.91 Å². The Labute approximate surface area is 181 Å². The molecule has 1 aliphatic rings. The molecule has 0 bridgehead atoms. The van der Waals surface area contributed by atoms with Crippen LogP contribution < -0.4 is 5.43 Å². The molecule has 2 aromatic carbocycles. The van der Waals surface area contributed by atoms with E-state index in [9.17, 15) is 14.0 Å². The summed E-state index contributed by atoms with van der Waals surface area (Å²) in [6.45, 7) is 1.93. The lowest BCUT2D eigenvalue weighted by Gasteiger charge is -2.25. The minimum absolute atomic E-state index is 0.0728. The summed E-state index contributed by atoms with van der Waals surface area (Å²) in [6, 6.07) is 11.9. The van der Waals surface area contributed by atoms with Gasteiger partial charge in [-0.15, -0.1) is 0 Å². The highest BCUT2D eigenvalue weighted by molar-refractivity contribution is 6.32. The van der Waals surface area contributed by atoms with Crippen molar-refractivity contribution in [3.8, 4) is 0 Å². The lowest BCUT2D eigenvalue weighted by Crippen LogP contribution is -2.29. The van der Waals surface area contributed by atoms with E-state index in [-0.39, 0.29) is 34.4 Å². The van der Waals surface area contributed by atoms with Gasteiger partial charge in [-0.25, -0.2) is 4.39 Å². The van der Waals surface area contributed by atoms with Crippen molar-refractivity contribution in [1.82, 2.24) is 9.88 Å². The molecule has 0 saturated heterocycles. The van der Waals surface area contributed by atoms with Crippen molar-refractivity contribution in [3.05, 3.63) is 110 Å². The van der Waals surface area contributed by atoms with Crippen LogP contribution >= 0.6 is 11.6 Å². The molecule has 3 heterocycles. The number of aromatic nitrogens is 1. The van der Waals surface area contributed by atoms with E-state index in [0.29, 0.717) is 5.02 Å². The van der Waals surface area contributed by atoms with E-state index in [1.807, 2.05) is 6.07 Å². The Bertz CT molecular complexity index is 1400. The second-order valence-electron chi connectivity index (χ2n) is 7.49. The Morgan fingerprint density at radius 1 is 1.16 bits per heavy atom. The van der Waals surface area contributed by atoms with E-state index in [0.717, 1.165) is 11.1 Å². The highest BCUT2D eigenvalue weighted by atomic mass is 35.5. The largest absolute Gasteiger partial charge is 0.450 e. The first kappa shape index (κ1) is 19.5. The SMILES string of the molecule is Cc1cc2oc3c(c(=O)c2cc1Cl)[C@H](c1ccccc1F)N(Cc1cccnc1)C3=O. The van der Waals surface area contributed by atoms with Crippen LogP contribution in [0.1, 0.15) is 38.9 Å². The zero-order valence-electron chi connectivity index (χ0n) is 16.4. The molecule has 2 aromatic heterocycles. The third kappa shape index (κ3) is 3.11. The summed E-state index contributed by atoms with van der Waals surface area (Å²) >= 11 is 6.23. The summed E-state index contributed by atoms with van der Waals surface area (Å²) in [5, 5.41) is 0.672. The quantitative estimate of drug-likeness (QED) is 0.453. The van der Waals surface area contributed by atoms with Gasteiger partial charge in [-0.3, -0.25) is 14.6 Å². The van der Waals surface area contributed by atoms with Gasteiger partial charge in [-0.1, -0.05) is 35.9 Å². The van der Waals surface area contributed by atoms with Crippen LogP contribution in [0.25, 0.3) is 11.0 Å². The molecule has 0 fully saturated rings. The van der Waals surface area contributed by atoms with Crippen molar-refractivity contribution in [2.45, 2.75) is 19.5 Å². The van der Waals surface area contributed by atoms with Crippen LogP contribution in [-0.4, -0.2) is 15.8 Å². The number of nitrogens with zero attached hydrogens (tertiary/aromatic N) is 2. The summed E-state index contributed by atoms with van der Waals surface area (Å²) in [5.41, 5.74) is 1.69. The number of fused-ring (bicyclic) bond motifs is 2. The van der Waals surface area contributed by atoms with Crippen LogP contribution in [0.15, 0.2) is 70.1 Å². The lowest BCUT2D eigenvalue weighted by molar-refractivity contribution is 0.0712. The number of benzene rings is 2. The van der Waals surface area contributed by atoms with E-state index in [2.05, 4.69) is 4.98 Å². The third-order valence-corrected chi connectivity index (χ3v) is 5.93. The van der Waals surface area contributed by atoms with Gasteiger partial charge in [0.15, 0.2) is 5.43 Å². The van der Waals surface area contributed by atoms with Gasteiger partial charge < -0.3 is 9.32 Å². The molecule has 31 heavy (non-hydrogen) atoms. The number of aryl methyl sites for hydroxylation is 1. The van der Waals surface area contributed by atoms with Crippen LogP contribution in [0.2, 0.25) is 5.02 Å². The van der Waals surface area contributed by atoms with Gasteiger partial charge in [0.05, 0.1) is 17.0 Å². The Kier molecular flexibility index (Phi) is 4.59. The van der Waals surface area contributed by atoms with E-state index in [4.69, 9.17) is 16.0 Å². The zero-order valence-corrected chi connectivity index (χ0v) is 17.2. The van der Waals surface area contributed by atoms with Crippen molar-refractivity contribution < 1.29 is 13.6 Å². The molecule has 7 heteroatoms. The normalized spacial score (nSPS) is 15.5. The number of amides is 1. The van der Waals surface area contributed by atoms with Crippen molar-refractivity contribution >= 4 is 28.5 Å². The summed E-state index contributed by atoms with van der Waals surface area (Å²) in [7, 11) is 0. The second kappa shape index (κ2) is 7.32. The molecule has 0 spiro atoms. The van der Waals surface area contributed by atoms with Crippen LogP contribution in [0.3, 0.4) is 0 Å². The Hall–Kier alpha value is -3.51. The number of rotatable bonds is 3. The molecule has 5 nitrogen and oxygen atoms in total. The zero-order chi connectivity index (χ0) is 21.7. The van der Waals surface area contributed by atoms with Crippen LogP contribution in [0, 0.1) is 12.7 Å². The average molecular weight is 435 g/mol. The fourth-order valence-corrected chi connectivity index (χ4v) is 4.18. The van der Waals surface area contributed by atoms with Crippen molar-refractivity contribution in [2.24, 2.45) is 0 Å². The second-order valence-corrected chi connectivity index (χ2v) is 7.90. The van der Waals surface area contributed by atoms with Crippen LogP contribution in [0.4, 0.5) is 4.39 Å². The standard InChI is InChI=1S/C24H16ClFN2O3/c1-13-9-19-16(10-17(13)25)22(29)20-21(15-6-2-3-7-18(15)26)28(24(30)23(20)31-19)12-14-5-4-8-27-11-14/h2-11,21H,12H2,1H3/t21-/m0/s1. The molecule has 4 aromatic rings. The molecule has 1 aliphatic heterocycles. The van der Waals surface area contributed by atoms with E-state index in [1.165, 1.54) is 17.0 Å². The first-order valence-corrected chi connectivity index (χ1v) is 10.0. The van der Waals surface area contributed by atoms with E-state index >= 15 is 0 Å². The van der Waals surface area contributed by atoms with Crippen LogP contribution in [-0.2, 0) is 6.54 Å². The topological polar surface area (TPSA) is 63.4 Å². The number of pyridine rings is 1. The van der Waals surface area contributed by atoms with Crippen molar-refractivity contribution in [2.75, 3.05) is 0 Å². The Morgan fingerprint density at radius 3 is 2.71 bits per heavy atom. The number of halogens is 2. The Morgan fingerprint density at radius 2 is 1.97 bits per heavy atom. The minimum atomic E-state index is -0.926. The first-order chi connectivity index (χ1) is 15.0. The maximum atomic E-state index is 14.8. The van der Waals surface area contributed by atoms with Gasteiger partial charge in [0, 0.05) is 29.5 Å². The summed E-state index contributed by atoms with van der Waals surface area (Å²) < 4.78 is 20.7. The Balaban J connectivity index is 1.78.